The van der Waals surface area contributed by atoms with Crippen molar-refractivity contribution < 1.29 is 4.79 Å². The Kier molecular flexibility index (Phi) is 9.79. The summed E-state index contributed by atoms with van der Waals surface area (Å²) in [7, 11) is 1.89. The van der Waals surface area contributed by atoms with E-state index in [1.807, 2.05) is 11.9 Å². The SMILES string of the molecule is CNCCC(=O)N1CCN(C2CCCC2)CC1.Cl.Cl. The molecule has 0 atom stereocenters. The molecular weight excluding hydrogens is 285 g/mol. The topological polar surface area (TPSA) is 35.6 Å². The summed E-state index contributed by atoms with van der Waals surface area (Å²) in [6.45, 7) is 4.81. The van der Waals surface area contributed by atoms with Crippen LogP contribution in [-0.4, -0.2) is 61.5 Å². The minimum atomic E-state index is 0. The van der Waals surface area contributed by atoms with E-state index < -0.39 is 0 Å². The Hall–Kier alpha value is -0.0300. The summed E-state index contributed by atoms with van der Waals surface area (Å²) in [6.07, 6.45) is 6.17. The highest BCUT2D eigenvalue weighted by atomic mass is 35.5. The fraction of sp³-hybridized carbons (Fsp3) is 0.923. The van der Waals surface area contributed by atoms with Crippen LogP contribution in [-0.2, 0) is 4.79 Å². The number of nitrogens with one attached hydrogen (secondary N) is 1. The minimum absolute atomic E-state index is 0. The van der Waals surface area contributed by atoms with E-state index in [1.165, 1.54) is 25.7 Å². The van der Waals surface area contributed by atoms with Crippen molar-refractivity contribution in [2.45, 2.75) is 38.1 Å². The maximum atomic E-state index is 11.9. The smallest absolute Gasteiger partial charge is 0.223 e. The number of carbonyl (C=O) groups is 1. The molecule has 4 nitrogen and oxygen atoms in total. The van der Waals surface area contributed by atoms with E-state index >= 15 is 0 Å². The van der Waals surface area contributed by atoms with Gasteiger partial charge < -0.3 is 10.2 Å². The van der Waals surface area contributed by atoms with Gasteiger partial charge in [0, 0.05) is 45.2 Å². The van der Waals surface area contributed by atoms with Crippen LogP contribution in [0, 0.1) is 0 Å². The third kappa shape index (κ3) is 5.46. The Labute approximate surface area is 129 Å². The van der Waals surface area contributed by atoms with Gasteiger partial charge >= 0.3 is 0 Å². The van der Waals surface area contributed by atoms with E-state index in [4.69, 9.17) is 0 Å². The lowest BCUT2D eigenvalue weighted by atomic mass is 10.1. The summed E-state index contributed by atoms with van der Waals surface area (Å²) in [4.78, 5) is 16.5. The summed E-state index contributed by atoms with van der Waals surface area (Å²) >= 11 is 0. The number of nitrogens with zero attached hydrogens (tertiary/aromatic N) is 2. The first kappa shape index (κ1) is 19.0. The van der Waals surface area contributed by atoms with Gasteiger partial charge in [0.2, 0.25) is 5.91 Å². The van der Waals surface area contributed by atoms with Crippen molar-refractivity contribution in [1.82, 2.24) is 15.1 Å². The fourth-order valence-corrected chi connectivity index (χ4v) is 3.00. The Morgan fingerprint density at radius 2 is 1.68 bits per heavy atom. The highest BCUT2D eigenvalue weighted by molar-refractivity contribution is 5.85. The Balaban J connectivity index is 0.00000162. The van der Waals surface area contributed by atoms with Crippen molar-refractivity contribution in [3.8, 4) is 0 Å². The number of amides is 1. The van der Waals surface area contributed by atoms with Gasteiger partial charge in [0.15, 0.2) is 0 Å². The number of rotatable bonds is 4. The molecule has 19 heavy (non-hydrogen) atoms. The molecule has 6 heteroatoms. The van der Waals surface area contributed by atoms with Gasteiger partial charge in [-0.1, -0.05) is 12.8 Å². The first-order chi connectivity index (χ1) is 8.31. The molecule has 2 fully saturated rings. The van der Waals surface area contributed by atoms with Crippen LogP contribution in [0.2, 0.25) is 0 Å². The van der Waals surface area contributed by atoms with Crippen molar-refractivity contribution in [3.05, 3.63) is 0 Å². The van der Waals surface area contributed by atoms with Crippen molar-refractivity contribution in [1.29, 1.82) is 0 Å². The van der Waals surface area contributed by atoms with Crippen LogP contribution in [0.15, 0.2) is 0 Å². The first-order valence-electron chi connectivity index (χ1n) is 6.97. The molecule has 0 spiro atoms. The van der Waals surface area contributed by atoms with E-state index in [0.29, 0.717) is 12.3 Å². The number of halogens is 2. The summed E-state index contributed by atoms with van der Waals surface area (Å²) in [6, 6.07) is 0.810. The van der Waals surface area contributed by atoms with Crippen LogP contribution in [0.5, 0.6) is 0 Å². The summed E-state index contributed by atoms with van der Waals surface area (Å²) in [5.74, 6) is 0.311. The molecule has 1 N–H and O–H groups in total. The lowest BCUT2D eigenvalue weighted by Gasteiger charge is -2.38. The highest BCUT2D eigenvalue weighted by Crippen LogP contribution is 2.24. The van der Waals surface area contributed by atoms with Gasteiger partial charge in [-0.15, -0.1) is 24.8 Å². The quantitative estimate of drug-likeness (QED) is 0.855. The maximum absolute atomic E-state index is 11.9. The molecule has 1 aliphatic carbocycles. The van der Waals surface area contributed by atoms with Gasteiger partial charge in [-0.05, 0) is 19.9 Å². The molecule has 0 aromatic rings. The van der Waals surface area contributed by atoms with Crippen molar-refractivity contribution in [2.24, 2.45) is 0 Å². The predicted molar refractivity (Wildman–Crippen MR) is 83.4 cm³/mol. The molecule has 2 rings (SSSR count). The molecule has 0 aromatic heterocycles. The van der Waals surface area contributed by atoms with Gasteiger partial charge in [-0.25, -0.2) is 0 Å². The average Bonchev–Trinajstić information content (AvgIpc) is 2.90. The highest BCUT2D eigenvalue weighted by Gasteiger charge is 2.27. The molecule has 1 saturated heterocycles. The summed E-state index contributed by atoms with van der Waals surface area (Å²) < 4.78 is 0. The zero-order valence-corrected chi connectivity index (χ0v) is 13.4. The van der Waals surface area contributed by atoms with E-state index in [9.17, 15) is 4.79 Å². The van der Waals surface area contributed by atoms with Gasteiger partial charge in [0.1, 0.15) is 0 Å². The van der Waals surface area contributed by atoms with Crippen molar-refractivity contribution in [2.75, 3.05) is 39.8 Å². The zero-order chi connectivity index (χ0) is 12.1. The predicted octanol–water partition coefficient (Wildman–Crippen LogP) is 1.53. The number of carbonyl (C=O) groups excluding carboxylic acids is 1. The number of hydrogen-bond acceptors (Lipinski definition) is 3. The van der Waals surface area contributed by atoms with Gasteiger partial charge in [0.25, 0.3) is 0 Å². The lowest BCUT2D eigenvalue weighted by molar-refractivity contribution is -0.133. The standard InChI is InChI=1S/C13H25N3O.2ClH/c1-14-7-6-13(17)16-10-8-15(9-11-16)12-4-2-3-5-12;;/h12,14H,2-11H2,1H3;2*1H. The zero-order valence-electron chi connectivity index (χ0n) is 11.8. The molecule has 114 valence electrons. The van der Waals surface area contributed by atoms with E-state index in [2.05, 4.69) is 10.2 Å². The molecule has 0 unspecified atom stereocenters. The average molecular weight is 312 g/mol. The third-order valence-corrected chi connectivity index (χ3v) is 4.10. The Bertz CT molecular complexity index is 252. The molecule has 1 heterocycles. The van der Waals surface area contributed by atoms with Crippen LogP contribution in [0.1, 0.15) is 32.1 Å². The second kappa shape index (κ2) is 9.81. The summed E-state index contributed by atoms with van der Waals surface area (Å²) in [5.41, 5.74) is 0. The number of hydrogen-bond donors (Lipinski definition) is 1. The second-order valence-corrected chi connectivity index (χ2v) is 5.21. The molecular formula is C13H27Cl2N3O. The molecule has 0 radical (unpaired) electrons. The van der Waals surface area contributed by atoms with Crippen molar-refractivity contribution >= 4 is 30.7 Å². The van der Waals surface area contributed by atoms with Crippen LogP contribution < -0.4 is 5.32 Å². The molecule has 1 saturated carbocycles. The monoisotopic (exact) mass is 311 g/mol. The first-order valence-corrected chi connectivity index (χ1v) is 6.97. The largest absolute Gasteiger partial charge is 0.340 e. The molecule has 1 amide bonds. The summed E-state index contributed by atoms with van der Waals surface area (Å²) in [5, 5.41) is 3.03. The maximum Gasteiger partial charge on any atom is 0.223 e. The molecule has 0 bridgehead atoms. The van der Waals surface area contributed by atoms with Crippen LogP contribution in [0.25, 0.3) is 0 Å². The van der Waals surface area contributed by atoms with Crippen LogP contribution in [0.4, 0.5) is 0 Å². The number of piperazine rings is 1. The van der Waals surface area contributed by atoms with Crippen LogP contribution in [0.3, 0.4) is 0 Å². The van der Waals surface area contributed by atoms with Crippen molar-refractivity contribution in [3.63, 3.8) is 0 Å². The lowest BCUT2D eigenvalue weighted by Crippen LogP contribution is -2.51. The Morgan fingerprint density at radius 1 is 1.11 bits per heavy atom. The second-order valence-electron chi connectivity index (χ2n) is 5.21. The molecule has 1 aliphatic heterocycles. The molecule has 2 aliphatic rings. The van der Waals surface area contributed by atoms with Crippen LogP contribution >= 0.6 is 24.8 Å². The Morgan fingerprint density at radius 3 is 2.21 bits per heavy atom. The van der Waals surface area contributed by atoms with Gasteiger partial charge in [0.05, 0.1) is 0 Å². The van der Waals surface area contributed by atoms with E-state index in [0.717, 1.165) is 38.8 Å². The molecule has 0 aromatic carbocycles. The fourth-order valence-electron chi connectivity index (χ4n) is 3.00. The van der Waals surface area contributed by atoms with Gasteiger partial charge in [-0.3, -0.25) is 9.69 Å². The minimum Gasteiger partial charge on any atom is -0.340 e. The normalized spacial score (nSPS) is 20.8. The van der Waals surface area contributed by atoms with E-state index in [1.54, 1.807) is 0 Å². The van der Waals surface area contributed by atoms with Gasteiger partial charge in [-0.2, -0.15) is 0 Å². The van der Waals surface area contributed by atoms with E-state index in [-0.39, 0.29) is 24.8 Å². The third-order valence-electron chi connectivity index (χ3n) is 4.10.